The molecule has 3 rings (SSSR count). The van der Waals surface area contributed by atoms with E-state index >= 15 is 0 Å². The summed E-state index contributed by atoms with van der Waals surface area (Å²) in [5, 5.41) is 0. The Bertz CT molecular complexity index is 605. The third kappa shape index (κ3) is 2.96. The zero-order valence-electron chi connectivity index (χ0n) is 11.2. The van der Waals surface area contributed by atoms with Crippen LogP contribution in [0.1, 0.15) is 0 Å². The summed E-state index contributed by atoms with van der Waals surface area (Å²) in [6.07, 6.45) is 8.00. The molecule has 0 aromatic heterocycles. The molecule has 0 saturated heterocycles. The highest BCUT2D eigenvalue weighted by Crippen LogP contribution is 2.31. The van der Waals surface area contributed by atoms with Crippen molar-refractivity contribution in [2.45, 2.75) is 0 Å². The Balaban J connectivity index is 0.000000704. The van der Waals surface area contributed by atoms with Gasteiger partial charge in [-0.15, -0.1) is 12.8 Å². The monoisotopic (exact) mass is 256 g/mol. The summed E-state index contributed by atoms with van der Waals surface area (Å²) in [7, 11) is 0. The van der Waals surface area contributed by atoms with E-state index in [4.69, 9.17) is 0 Å². The van der Waals surface area contributed by atoms with Gasteiger partial charge in [-0.1, -0.05) is 84.9 Å². The first-order valence-corrected chi connectivity index (χ1v) is 6.48. The molecule has 0 heterocycles. The van der Waals surface area contributed by atoms with Gasteiger partial charge < -0.3 is 0 Å². The molecule has 0 bridgehead atoms. The Morgan fingerprint density at radius 2 is 0.700 bits per heavy atom. The molecule has 0 spiro atoms. The van der Waals surface area contributed by atoms with Crippen LogP contribution in [0.25, 0.3) is 22.3 Å². The van der Waals surface area contributed by atoms with Gasteiger partial charge in [-0.05, 0) is 22.3 Å². The molecule has 0 radical (unpaired) electrons. The van der Waals surface area contributed by atoms with Crippen molar-refractivity contribution < 1.29 is 0 Å². The van der Waals surface area contributed by atoms with E-state index in [0.29, 0.717) is 0 Å². The third-order valence-corrected chi connectivity index (χ3v) is 3.10. The lowest BCUT2D eigenvalue weighted by Gasteiger charge is -2.09. The molecular weight excluding hydrogens is 240 g/mol. The van der Waals surface area contributed by atoms with Gasteiger partial charge in [0.05, 0.1) is 0 Å². The second-order valence-electron chi connectivity index (χ2n) is 4.28. The van der Waals surface area contributed by atoms with Crippen LogP contribution in [0.15, 0.2) is 84.9 Å². The van der Waals surface area contributed by atoms with Crippen molar-refractivity contribution in [2.24, 2.45) is 0 Å². The lowest BCUT2D eigenvalue weighted by molar-refractivity contribution is 1.58. The summed E-state index contributed by atoms with van der Waals surface area (Å²) in [5.41, 5.74) is 5.09. The van der Waals surface area contributed by atoms with Gasteiger partial charge in [0.2, 0.25) is 0 Å². The summed E-state index contributed by atoms with van der Waals surface area (Å²) < 4.78 is 0. The maximum atomic E-state index is 4.00. The van der Waals surface area contributed by atoms with Gasteiger partial charge >= 0.3 is 0 Å². The van der Waals surface area contributed by atoms with Crippen molar-refractivity contribution in [3.63, 3.8) is 0 Å². The molecule has 0 unspecified atom stereocenters. The maximum absolute atomic E-state index is 4.00. The smallest absolute Gasteiger partial charge is 0.0105 e. The van der Waals surface area contributed by atoms with Crippen LogP contribution < -0.4 is 0 Å². The van der Waals surface area contributed by atoms with Gasteiger partial charge in [0.1, 0.15) is 0 Å². The van der Waals surface area contributed by atoms with Crippen LogP contribution in [-0.2, 0) is 0 Å². The van der Waals surface area contributed by atoms with E-state index in [1.807, 2.05) is 0 Å². The lowest BCUT2D eigenvalue weighted by Crippen LogP contribution is -1.83. The number of terminal acetylenes is 1. The van der Waals surface area contributed by atoms with E-state index in [9.17, 15) is 0 Å². The van der Waals surface area contributed by atoms with E-state index in [2.05, 4.69) is 97.8 Å². The van der Waals surface area contributed by atoms with Crippen LogP contribution in [0.3, 0.4) is 0 Å². The van der Waals surface area contributed by atoms with Gasteiger partial charge in [-0.3, -0.25) is 0 Å². The van der Waals surface area contributed by atoms with Gasteiger partial charge in [-0.2, -0.15) is 0 Å². The van der Waals surface area contributed by atoms with Crippen LogP contribution in [0.2, 0.25) is 0 Å². The van der Waals surface area contributed by atoms with Crippen molar-refractivity contribution in [3.05, 3.63) is 84.9 Å². The van der Waals surface area contributed by atoms with Crippen molar-refractivity contribution in [3.8, 4) is 35.1 Å². The molecule has 0 atom stereocenters. The van der Waals surface area contributed by atoms with Crippen LogP contribution >= 0.6 is 0 Å². The van der Waals surface area contributed by atoms with Crippen molar-refractivity contribution in [2.75, 3.05) is 0 Å². The van der Waals surface area contributed by atoms with Gasteiger partial charge in [0.25, 0.3) is 0 Å². The molecule has 0 fully saturated rings. The SMILES string of the molecule is C#C.c1ccc(-c2ccccc2-c2ccccc2)cc1. The summed E-state index contributed by atoms with van der Waals surface area (Å²) >= 11 is 0. The molecule has 0 heteroatoms. The quantitative estimate of drug-likeness (QED) is 0.548. The van der Waals surface area contributed by atoms with Gasteiger partial charge in [-0.25, -0.2) is 0 Å². The highest BCUT2D eigenvalue weighted by Gasteiger charge is 2.05. The number of rotatable bonds is 2. The lowest BCUT2D eigenvalue weighted by atomic mass is 9.95. The molecule has 3 aromatic carbocycles. The fourth-order valence-corrected chi connectivity index (χ4v) is 2.22. The molecule has 3 aromatic rings. The molecule has 0 N–H and O–H groups in total. The largest absolute Gasteiger partial charge is 0.124 e. The van der Waals surface area contributed by atoms with E-state index in [0.717, 1.165) is 0 Å². The standard InChI is InChI=1S/C18H14.C2H2/c1-3-9-15(10-4-1)17-13-7-8-14-18(17)16-11-5-2-6-12-16;1-2/h1-14H;1-2H. The topological polar surface area (TPSA) is 0 Å². The minimum Gasteiger partial charge on any atom is -0.124 e. The Morgan fingerprint density at radius 1 is 0.400 bits per heavy atom. The first kappa shape index (κ1) is 13.6. The van der Waals surface area contributed by atoms with Crippen LogP contribution in [0.5, 0.6) is 0 Å². The first-order chi connectivity index (χ1) is 9.95. The van der Waals surface area contributed by atoms with Crippen molar-refractivity contribution >= 4 is 0 Å². The van der Waals surface area contributed by atoms with Crippen LogP contribution in [0.4, 0.5) is 0 Å². The molecule has 0 aliphatic rings. The van der Waals surface area contributed by atoms with E-state index in [1.54, 1.807) is 0 Å². The van der Waals surface area contributed by atoms with Gasteiger partial charge in [0, 0.05) is 0 Å². The molecule has 0 amide bonds. The predicted molar refractivity (Wildman–Crippen MR) is 87.2 cm³/mol. The molecule has 0 nitrogen and oxygen atoms in total. The zero-order valence-corrected chi connectivity index (χ0v) is 11.2. The normalized spacial score (nSPS) is 9.30. The van der Waals surface area contributed by atoms with Crippen LogP contribution in [0, 0.1) is 12.8 Å². The molecule has 96 valence electrons. The zero-order chi connectivity index (χ0) is 14.2. The number of hydrogen-bond acceptors (Lipinski definition) is 0. The molecule has 20 heavy (non-hydrogen) atoms. The van der Waals surface area contributed by atoms with Crippen molar-refractivity contribution in [1.29, 1.82) is 0 Å². The predicted octanol–water partition coefficient (Wildman–Crippen LogP) is 5.27. The third-order valence-electron chi connectivity index (χ3n) is 3.10. The molecule has 0 aliphatic heterocycles. The van der Waals surface area contributed by atoms with E-state index in [-0.39, 0.29) is 0 Å². The Morgan fingerprint density at radius 3 is 1.05 bits per heavy atom. The summed E-state index contributed by atoms with van der Waals surface area (Å²) in [4.78, 5) is 0. The Labute approximate surface area is 120 Å². The average molecular weight is 256 g/mol. The number of hydrogen-bond donors (Lipinski definition) is 0. The fourth-order valence-electron chi connectivity index (χ4n) is 2.22. The van der Waals surface area contributed by atoms with E-state index in [1.165, 1.54) is 22.3 Å². The van der Waals surface area contributed by atoms with E-state index < -0.39 is 0 Å². The van der Waals surface area contributed by atoms with Crippen LogP contribution in [-0.4, -0.2) is 0 Å². The summed E-state index contributed by atoms with van der Waals surface area (Å²) in [5.74, 6) is 0. The number of benzene rings is 3. The molecular formula is C20H16. The second kappa shape index (κ2) is 6.97. The minimum atomic E-state index is 1.26. The average Bonchev–Trinajstić information content (AvgIpc) is 2.58. The summed E-state index contributed by atoms with van der Waals surface area (Å²) in [6.45, 7) is 0. The minimum absolute atomic E-state index is 1.26. The second-order valence-corrected chi connectivity index (χ2v) is 4.28. The first-order valence-electron chi connectivity index (χ1n) is 6.48. The summed E-state index contributed by atoms with van der Waals surface area (Å²) in [6, 6.07) is 29.6. The highest BCUT2D eigenvalue weighted by atomic mass is 14.1. The van der Waals surface area contributed by atoms with Gasteiger partial charge in [0.15, 0.2) is 0 Å². The van der Waals surface area contributed by atoms with Crippen molar-refractivity contribution in [1.82, 2.24) is 0 Å². The molecule has 0 aliphatic carbocycles. The highest BCUT2D eigenvalue weighted by molar-refractivity contribution is 5.83. The maximum Gasteiger partial charge on any atom is -0.0105 e. The fraction of sp³-hybridized carbons (Fsp3) is 0. The Kier molecular flexibility index (Phi) is 4.76. The molecule has 0 saturated carbocycles. The Hall–Kier alpha value is -2.78.